The smallest absolute Gasteiger partial charge is 0.194 e. The van der Waals surface area contributed by atoms with Gasteiger partial charge in [0, 0.05) is 186 Å². The fraction of sp³-hybridized carbons (Fsp3) is 0.0625. The van der Waals surface area contributed by atoms with Crippen LogP contribution in [0.4, 0.5) is 0 Å². The average molecular weight is 736 g/mol. The molecule has 4 aromatic carbocycles. The third-order valence-electron chi connectivity index (χ3n) is 10.5. The summed E-state index contributed by atoms with van der Waals surface area (Å²) in [7, 11) is 71.4. The number of hydrogen-bond donors (Lipinski definition) is 1. The Morgan fingerprint density at radius 2 is 0.917 bits per heavy atom. The molecule has 0 aliphatic heterocycles. The van der Waals surface area contributed by atoms with E-state index < -0.39 is 63.9 Å². The molecule has 28 heteroatoms. The number of nitrogens with zero attached hydrogens (tertiary/aromatic N) is 1. The Hall–Kier alpha value is -3.41. The van der Waals surface area contributed by atoms with E-state index in [4.69, 9.17) is 102 Å². The topological polar surface area (TPSA) is 68.1 Å². The second-order valence-electron chi connectivity index (χ2n) is 14.4. The van der Waals surface area contributed by atoms with Crippen molar-refractivity contribution in [1.29, 1.82) is 0 Å². The van der Waals surface area contributed by atoms with E-state index in [2.05, 4.69) is 18.3 Å². The van der Waals surface area contributed by atoms with Crippen LogP contribution in [0.25, 0.3) is 22.3 Å². The molecule has 0 heterocycles. The minimum atomic E-state index is -0.925. The molecule has 0 atom stereocenters. The van der Waals surface area contributed by atoms with Gasteiger partial charge in [-0.05, 0) is 58.7 Å². The summed E-state index contributed by atoms with van der Waals surface area (Å²) >= 11 is 0. The quantitative estimate of drug-likeness (QED) is 0.0550. The summed E-state index contributed by atoms with van der Waals surface area (Å²) in [6.45, 7) is 8.13. The molecule has 0 saturated heterocycles. The molecule has 6 rings (SSSR count). The highest BCUT2D eigenvalue weighted by atomic mass is 16.5. The lowest BCUT2D eigenvalue weighted by atomic mass is 8.36. The van der Waals surface area contributed by atoms with Crippen LogP contribution >= 0.6 is 0 Å². The molecule has 2 aliphatic rings. The van der Waals surface area contributed by atoms with Crippen LogP contribution in [-0.4, -0.2) is 194 Å². The zero-order chi connectivity index (χ0) is 44.3. The predicted molar refractivity (Wildman–Crippen MR) is 278 cm³/mol. The van der Waals surface area contributed by atoms with Gasteiger partial charge in [-0.15, -0.1) is 0 Å². The van der Waals surface area contributed by atoms with Gasteiger partial charge in [0.1, 0.15) is 30.4 Å². The summed E-state index contributed by atoms with van der Waals surface area (Å²) in [6.07, 6.45) is -4.64. The first kappa shape index (κ1) is 49.3. The highest BCUT2D eigenvalue weighted by Crippen LogP contribution is 2.39. The maximum atomic E-state index is 12.2. The largest absolute Gasteiger partial charge is 0.490 e. The van der Waals surface area contributed by atoms with Crippen molar-refractivity contribution in [2.75, 3.05) is 13.2 Å². The van der Waals surface area contributed by atoms with Crippen LogP contribution in [0.5, 0.6) is 11.5 Å². The lowest BCUT2D eigenvalue weighted by Gasteiger charge is -2.45. The summed E-state index contributed by atoms with van der Waals surface area (Å²) in [4.78, 5) is 12.2. The molecule has 1 N–H and O–H groups in total. The Morgan fingerprint density at radius 1 is 0.533 bits per heavy atom. The first-order chi connectivity index (χ1) is 28.6. The molecule has 4 aromatic rings. The van der Waals surface area contributed by atoms with E-state index in [0.717, 1.165) is 50.3 Å². The lowest BCUT2D eigenvalue weighted by Crippen LogP contribution is -2.83. The Kier molecular flexibility index (Phi) is 19.0. The number of ether oxygens (including phenoxy) is 2. The number of carbonyl (C=O) groups is 1. The molecule has 0 bridgehead atoms. The molecule has 251 valence electrons. The first-order valence-electron chi connectivity index (χ1n) is 19.2. The molecule has 0 fully saturated rings. The average Bonchev–Trinajstić information content (AvgIpc) is 3.69. The molecule has 5 nitrogen and oxygen atoms in total. The summed E-state index contributed by atoms with van der Waals surface area (Å²) in [5.74, 6) is 1.52. The second-order valence-corrected chi connectivity index (χ2v) is 14.4. The van der Waals surface area contributed by atoms with Gasteiger partial charge >= 0.3 is 0 Å². The van der Waals surface area contributed by atoms with Crippen molar-refractivity contribution >= 4 is 175 Å². The van der Waals surface area contributed by atoms with Gasteiger partial charge in [-0.1, -0.05) is 79.0 Å². The van der Waals surface area contributed by atoms with Gasteiger partial charge in [0.25, 0.3) is 0 Å². The van der Waals surface area contributed by atoms with Crippen LogP contribution < -0.4 is 9.47 Å². The van der Waals surface area contributed by atoms with Crippen LogP contribution in [0.1, 0.15) is 27.0 Å². The highest BCUT2D eigenvalue weighted by molar-refractivity contribution is 8.22. The number of oxime groups is 1. The minimum absolute atomic E-state index is 0.0738. The van der Waals surface area contributed by atoms with Crippen LogP contribution in [0.3, 0.4) is 0 Å². The molecular formula is C32H25B23NO4. The third kappa shape index (κ3) is 11.5. The molecule has 2 aliphatic carbocycles. The van der Waals surface area contributed by atoms with Crippen LogP contribution in [0.2, 0.25) is 0 Å². The molecule has 60 heavy (non-hydrogen) atoms. The monoisotopic (exact) mass is 740 g/mol. The van der Waals surface area contributed by atoms with Gasteiger partial charge in [0.05, 0.1) is 0 Å². The second kappa shape index (κ2) is 23.2. The zero-order valence-corrected chi connectivity index (χ0v) is 33.5. The number of fused-ring (bicyclic) bond motifs is 6. The van der Waals surface area contributed by atoms with Crippen molar-refractivity contribution in [2.24, 2.45) is 5.16 Å². The van der Waals surface area contributed by atoms with E-state index in [9.17, 15) is 10.0 Å². The van der Waals surface area contributed by atoms with Gasteiger partial charge < -0.3 is 14.7 Å². The standard InChI is InChI=1S/C16H13NO2.C16H12O2.B23/c1-2-9-19-11-7-8-13-12-5-3-4-6-14(12)16(17-18)15(13)10-11;1-2-9-18-11-7-8-13-12-5-3-4-6-14(12)16(17)15(13)10-11;1-13-19(12)22(18(10)11)23(20(14(2)3)15(4)5)21(16(6)7)17(8)9/h2-8,10,18H,1,9H2;2-8,10H,1,9H2;. The van der Waals surface area contributed by atoms with E-state index in [0.29, 0.717) is 24.7 Å². The maximum Gasteiger partial charge on any atom is 0.194 e. The third-order valence-corrected chi connectivity index (χ3v) is 10.5. The van der Waals surface area contributed by atoms with Gasteiger partial charge in [-0.2, -0.15) is 0 Å². The van der Waals surface area contributed by atoms with E-state index in [1.807, 2.05) is 78.9 Å². The maximum absolute atomic E-state index is 12.2. The van der Waals surface area contributed by atoms with Gasteiger partial charge in [0.15, 0.2) is 5.78 Å². The van der Waals surface area contributed by atoms with Crippen molar-refractivity contribution < 1.29 is 19.5 Å². The number of hydrogen-bond acceptors (Lipinski definition) is 5. The van der Waals surface area contributed by atoms with Crippen LogP contribution in [0.15, 0.2) is 115 Å². The van der Waals surface area contributed by atoms with E-state index in [1.54, 1.807) is 18.2 Å². The molecule has 0 spiro atoms. The first-order valence-corrected chi connectivity index (χ1v) is 19.2. The number of carbonyl (C=O) groups excluding carboxylic acids is 1. The lowest BCUT2D eigenvalue weighted by molar-refractivity contribution is 0.104. The highest BCUT2D eigenvalue weighted by Gasteiger charge is 2.47. The van der Waals surface area contributed by atoms with Crippen LogP contribution in [0, 0.1) is 0 Å². The zero-order valence-electron chi connectivity index (χ0n) is 33.5. The summed E-state index contributed by atoms with van der Waals surface area (Å²) in [6, 6.07) is 27.0. The normalized spacial score (nSPS) is 11.5. The minimum Gasteiger partial charge on any atom is -0.490 e. The van der Waals surface area contributed by atoms with E-state index >= 15 is 0 Å². The van der Waals surface area contributed by atoms with E-state index in [1.165, 1.54) is 7.06 Å². The van der Waals surface area contributed by atoms with E-state index in [-0.39, 0.29) is 5.78 Å². The summed E-state index contributed by atoms with van der Waals surface area (Å²) in [5.41, 5.74) is 8.07. The molecule has 25 radical (unpaired) electrons. The SMILES string of the molecule is C=CCOc1ccc2c(c1)C(=NO)c1ccccc1-2.C=CCOc1ccc2c(c1)C(=O)c1ccccc1-2.[B][B]B([B])B(B([B])[B])B(B(B([B])[B])B([B])[B])B(B([B])[B])B([B])[B]. The Balaban J connectivity index is 0.000000199. The molecule has 0 saturated carbocycles. The molecule has 0 amide bonds. The molecule has 0 unspecified atom stereocenters. The Labute approximate surface area is 377 Å². The van der Waals surface area contributed by atoms with Gasteiger partial charge in [-0.25, -0.2) is 0 Å². The van der Waals surface area contributed by atoms with Crippen molar-refractivity contribution in [2.45, 2.75) is 0 Å². The fourth-order valence-corrected chi connectivity index (χ4v) is 7.84. The fourth-order valence-electron chi connectivity index (χ4n) is 7.84. The van der Waals surface area contributed by atoms with Gasteiger partial charge in [0.2, 0.25) is 0 Å². The Morgan fingerprint density at radius 3 is 1.33 bits per heavy atom. The number of ketones is 1. The van der Waals surface area contributed by atoms with Crippen molar-refractivity contribution in [3.8, 4) is 33.8 Å². The van der Waals surface area contributed by atoms with Crippen molar-refractivity contribution in [3.05, 3.63) is 132 Å². The molecule has 0 aromatic heterocycles. The van der Waals surface area contributed by atoms with Crippen molar-refractivity contribution in [3.63, 3.8) is 0 Å². The Bertz CT molecular complexity index is 2090. The van der Waals surface area contributed by atoms with Crippen LogP contribution in [-0.2, 0) is 0 Å². The number of benzene rings is 4. The predicted octanol–water partition coefficient (Wildman–Crippen LogP) is -1.84. The van der Waals surface area contributed by atoms with Crippen molar-refractivity contribution in [1.82, 2.24) is 0 Å². The summed E-state index contributed by atoms with van der Waals surface area (Å²) < 4.78 is 11.0. The summed E-state index contributed by atoms with van der Waals surface area (Å²) in [5, 5.41) is 12.7. The van der Waals surface area contributed by atoms with Gasteiger partial charge in [-0.3, -0.25) is 4.79 Å². The number of rotatable bonds is 16. The molecular weight excluding hydrogens is 711 g/mol.